The molecule has 0 aromatic heterocycles. The topological polar surface area (TPSA) is 149 Å². The van der Waals surface area contributed by atoms with Gasteiger partial charge in [-0.3, -0.25) is 4.79 Å². The van der Waals surface area contributed by atoms with Crippen LogP contribution in [0.3, 0.4) is 0 Å². The zero-order chi connectivity index (χ0) is 55.8. The Kier molecular flexibility index (Phi) is 51.1. The molecular formula is C68H111NO8. The molecule has 0 aromatic carbocycles. The summed E-state index contributed by atoms with van der Waals surface area (Å²) in [7, 11) is 0. The first-order valence-electron chi connectivity index (χ1n) is 30.6. The molecule has 1 heterocycles. The van der Waals surface area contributed by atoms with E-state index in [-0.39, 0.29) is 18.9 Å². The van der Waals surface area contributed by atoms with Crippen molar-refractivity contribution in [3.8, 4) is 0 Å². The van der Waals surface area contributed by atoms with Gasteiger partial charge in [0.2, 0.25) is 5.91 Å². The Hall–Kier alpha value is -3.93. The highest BCUT2D eigenvalue weighted by molar-refractivity contribution is 5.76. The maximum absolute atomic E-state index is 13.1. The zero-order valence-electron chi connectivity index (χ0n) is 48.4. The van der Waals surface area contributed by atoms with Crippen LogP contribution in [0.1, 0.15) is 219 Å². The third-order valence-corrected chi connectivity index (χ3v) is 13.4. The van der Waals surface area contributed by atoms with E-state index in [1.165, 1.54) is 96.3 Å². The summed E-state index contributed by atoms with van der Waals surface area (Å²) in [6.07, 6.45) is 79.2. The molecule has 77 heavy (non-hydrogen) atoms. The Balaban J connectivity index is 2.29. The molecule has 1 amide bonds. The Morgan fingerprint density at radius 1 is 0.455 bits per heavy atom. The molecule has 1 saturated heterocycles. The first-order chi connectivity index (χ1) is 37.8. The molecule has 6 N–H and O–H groups in total. The van der Waals surface area contributed by atoms with Crippen LogP contribution < -0.4 is 5.32 Å². The van der Waals surface area contributed by atoms with Crippen molar-refractivity contribution in [3.05, 3.63) is 146 Å². The second-order valence-electron chi connectivity index (χ2n) is 20.4. The molecule has 0 aliphatic carbocycles. The highest BCUT2D eigenvalue weighted by atomic mass is 16.7. The van der Waals surface area contributed by atoms with Gasteiger partial charge in [0.15, 0.2) is 6.29 Å². The van der Waals surface area contributed by atoms with E-state index in [0.717, 1.165) is 96.3 Å². The van der Waals surface area contributed by atoms with Crippen LogP contribution in [0, 0.1) is 0 Å². The molecule has 9 nitrogen and oxygen atoms in total. The number of rotatable bonds is 50. The molecule has 0 radical (unpaired) electrons. The highest BCUT2D eigenvalue weighted by Crippen LogP contribution is 2.23. The minimum atomic E-state index is -1.59. The molecule has 7 atom stereocenters. The van der Waals surface area contributed by atoms with Gasteiger partial charge in [-0.2, -0.15) is 0 Å². The van der Waals surface area contributed by atoms with Crippen molar-refractivity contribution < 1.29 is 39.8 Å². The summed E-state index contributed by atoms with van der Waals surface area (Å²) >= 11 is 0. The Bertz CT molecular complexity index is 1720. The van der Waals surface area contributed by atoms with Gasteiger partial charge in [-0.15, -0.1) is 0 Å². The standard InChI is InChI=1S/C68H111NO8/c1-3-5-7-9-11-13-15-17-19-21-23-25-26-27-28-29-30-31-32-33-34-35-36-38-40-42-44-46-48-50-52-54-56-58-64(72)69-61(60-76-68-67(75)66(74)65(73)63(59-70)77-68)62(71)57-55-53-51-49-47-45-43-41-39-37-24-22-20-18-16-14-12-10-8-6-4-2/h5,7,11,13,17,19,23,25,27-28,30-31,33-34,36,38,42,44,47-50,55,57,61-63,65-68,70-71,73-75H,3-4,6,8-10,12,14-16,18,20-22,24,26,29,32,35,37,39-41,43,45-46,51-54,56,58-60H2,1-2H3,(H,69,72)/b7-5-,13-11-,19-17-,25-23-,28-27-,31-30-,34-33-,38-36-,44-42-,49-47+,50-48-,57-55+. The molecule has 0 bridgehead atoms. The van der Waals surface area contributed by atoms with Crippen molar-refractivity contribution in [1.29, 1.82) is 0 Å². The summed E-state index contributed by atoms with van der Waals surface area (Å²) < 4.78 is 11.2. The van der Waals surface area contributed by atoms with Crippen molar-refractivity contribution >= 4 is 5.91 Å². The van der Waals surface area contributed by atoms with Crippen molar-refractivity contribution in [2.45, 2.75) is 262 Å². The maximum atomic E-state index is 13.1. The lowest BCUT2D eigenvalue weighted by molar-refractivity contribution is -0.302. The fourth-order valence-electron chi connectivity index (χ4n) is 8.61. The van der Waals surface area contributed by atoms with Gasteiger partial charge in [-0.25, -0.2) is 0 Å². The lowest BCUT2D eigenvalue weighted by Gasteiger charge is -2.40. The summed E-state index contributed by atoms with van der Waals surface area (Å²) in [6.45, 7) is 3.62. The molecule has 436 valence electrons. The van der Waals surface area contributed by atoms with E-state index in [9.17, 15) is 30.3 Å². The number of hydrogen-bond acceptors (Lipinski definition) is 8. The van der Waals surface area contributed by atoms with E-state index in [1.807, 2.05) is 6.08 Å². The van der Waals surface area contributed by atoms with Crippen LogP contribution in [0.5, 0.6) is 0 Å². The van der Waals surface area contributed by atoms with E-state index in [2.05, 4.69) is 153 Å². The maximum Gasteiger partial charge on any atom is 0.220 e. The smallest absolute Gasteiger partial charge is 0.220 e. The molecule has 0 spiro atoms. The van der Waals surface area contributed by atoms with Gasteiger partial charge in [0.05, 0.1) is 25.4 Å². The monoisotopic (exact) mass is 1070 g/mol. The van der Waals surface area contributed by atoms with Gasteiger partial charge in [0.25, 0.3) is 0 Å². The fourth-order valence-corrected chi connectivity index (χ4v) is 8.61. The summed E-state index contributed by atoms with van der Waals surface area (Å²) in [6, 6.07) is -0.858. The number of hydrogen-bond donors (Lipinski definition) is 6. The number of carbonyl (C=O) groups is 1. The number of amides is 1. The van der Waals surface area contributed by atoms with Crippen LogP contribution in [0.25, 0.3) is 0 Å². The average Bonchev–Trinajstić information content (AvgIpc) is 3.43. The van der Waals surface area contributed by atoms with Crippen LogP contribution in [0.4, 0.5) is 0 Å². The van der Waals surface area contributed by atoms with Gasteiger partial charge in [0.1, 0.15) is 24.4 Å². The molecule has 7 unspecified atom stereocenters. The van der Waals surface area contributed by atoms with Crippen LogP contribution in [0.2, 0.25) is 0 Å². The highest BCUT2D eigenvalue weighted by Gasteiger charge is 2.44. The molecular weight excluding hydrogens is 959 g/mol. The van der Waals surface area contributed by atoms with Crippen molar-refractivity contribution in [3.63, 3.8) is 0 Å². The number of nitrogens with one attached hydrogen (secondary N) is 1. The largest absolute Gasteiger partial charge is 0.394 e. The molecule has 1 aliphatic heterocycles. The van der Waals surface area contributed by atoms with Crippen LogP contribution >= 0.6 is 0 Å². The third-order valence-electron chi connectivity index (χ3n) is 13.4. The minimum Gasteiger partial charge on any atom is -0.394 e. The van der Waals surface area contributed by atoms with E-state index in [1.54, 1.807) is 6.08 Å². The normalized spacial score (nSPS) is 19.8. The quantitative estimate of drug-likeness (QED) is 0.0261. The Morgan fingerprint density at radius 2 is 0.818 bits per heavy atom. The van der Waals surface area contributed by atoms with Crippen LogP contribution in [-0.2, 0) is 14.3 Å². The van der Waals surface area contributed by atoms with Gasteiger partial charge < -0.3 is 40.3 Å². The van der Waals surface area contributed by atoms with Gasteiger partial charge in [-0.1, -0.05) is 250 Å². The average molecular weight is 1070 g/mol. The molecule has 9 heteroatoms. The van der Waals surface area contributed by atoms with Gasteiger partial charge in [-0.05, 0) is 109 Å². The number of ether oxygens (including phenoxy) is 2. The summed E-state index contributed by atoms with van der Waals surface area (Å²) in [5.74, 6) is -0.234. The first-order valence-corrected chi connectivity index (χ1v) is 30.6. The van der Waals surface area contributed by atoms with Crippen molar-refractivity contribution in [2.24, 2.45) is 0 Å². The summed E-state index contributed by atoms with van der Waals surface area (Å²) in [5, 5.41) is 54.5. The van der Waals surface area contributed by atoms with E-state index in [4.69, 9.17) is 9.47 Å². The van der Waals surface area contributed by atoms with Crippen molar-refractivity contribution in [2.75, 3.05) is 13.2 Å². The summed E-state index contributed by atoms with van der Waals surface area (Å²) in [5.41, 5.74) is 0. The molecule has 0 aromatic rings. The number of aliphatic hydroxyl groups excluding tert-OH is 5. The third kappa shape index (κ3) is 44.6. The van der Waals surface area contributed by atoms with Crippen LogP contribution in [0.15, 0.2) is 146 Å². The SMILES string of the molecule is CC/C=C\C/C=C\C/C=C\C/C=C\C/C=C\C/C=C\C/C=C\C/C=C\C/C=C\C/C=C\CCCCC(=O)NC(COC1OC(CO)C(O)C(O)C1O)C(O)/C=C/CC/C=C/CCCCCCCCCCCCCCCCC. The van der Waals surface area contributed by atoms with Crippen LogP contribution in [-0.4, -0.2) is 87.5 Å². The van der Waals surface area contributed by atoms with Gasteiger partial charge >= 0.3 is 0 Å². The predicted octanol–water partition coefficient (Wildman–Crippen LogP) is 15.8. The second kappa shape index (κ2) is 55.4. The number of carbonyl (C=O) groups excluding carboxylic acids is 1. The number of aliphatic hydroxyl groups is 5. The molecule has 0 saturated carbocycles. The number of unbranched alkanes of at least 4 members (excludes halogenated alkanes) is 18. The zero-order valence-corrected chi connectivity index (χ0v) is 48.4. The first kappa shape index (κ1) is 71.1. The lowest BCUT2D eigenvalue weighted by Crippen LogP contribution is -2.60. The molecule has 1 rings (SSSR count). The summed E-state index contributed by atoms with van der Waals surface area (Å²) in [4.78, 5) is 13.1. The Labute approximate surface area is 470 Å². The second-order valence-corrected chi connectivity index (χ2v) is 20.4. The van der Waals surface area contributed by atoms with E-state index >= 15 is 0 Å². The minimum absolute atomic E-state index is 0.228. The molecule has 1 fully saturated rings. The lowest BCUT2D eigenvalue weighted by atomic mass is 9.99. The van der Waals surface area contributed by atoms with E-state index < -0.39 is 49.5 Å². The predicted molar refractivity (Wildman–Crippen MR) is 326 cm³/mol. The van der Waals surface area contributed by atoms with Gasteiger partial charge in [0, 0.05) is 6.42 Å². The number of allylic oxidation sites excluding steroid dienone is 23. The molecule has 1 aliphatic rings. The van der Waals surface area contributed by atoms with E-state index in [0.29, 0.717) is 6.42 Å². The van der Waals surface area contributed by atoms with Crippen molar-refractivity contribution in [1.82, 2.24) is 5.32 Å². The fraction of sp³-hybridized carbons (Fsp3) is 0.632. The Morgan fingerprint density at radius 3 is 1.25 bits per heavy atom.